The number of benzene rings is 1. The molecule has 1 N–H and O–H groups in total. The van der Waals surface area contributed by atoms with Crippen molar-refractivity contribution in [1.29, 1.82) is 5.41 Å². The number of Topliss-reactive ketones (excluding diaryl/α,β-unsaturated/α-hetero) is 1. The summed E-state index contributed by atoms with van der Waals surface area (Å²) in [7, 11) is 0. The number of nitrogens with zero attached hydrogens (tertiary/aromatic N) is 2. The van der Waals surface area contributed by atoms with Gasteiger partial charge in [-0.3, -0.25) is 15.2 Å². The largest absolute Gasteiger partial charge is 0.305 e. The molecule has 4 nitrogen and oxygen atoms in total. The van der Waals surface area contributed by atoms with E-state index >= 15 is 0 Å². The van der Waals surface area contributed by atoms with Crippen molar-refractivity contribution in [3.63, 3.8) is 0 Å². The van der Waals surface area contributed by atoms with E-state index in [2.05, 4.69) is 4.99 Å². The lowest BCUT2D eigenvalue weighted by molar-refractivity contribution is 0.101. The lowest BCUT2D eigenvalue weighted by Crippen LogP contribution is -2.42. The molecule has 1 aromatic carbocycles. The van der Waals surface area contributed by atoms with Gasteiger partial charge in [-0.1, -0.05) is 17.8 Å². The third kappa shape index (κ3) is 1.75. The molecule has 3 rings (SSSR count). The highest BCUT2D eigenvalue weighted by Gasteiger charge is 2.29. The number of hydrogen-bond donors (Lipinski definition) is 1. The molecule has 5 heteroatoms. The van der Waals surface area contributed by atoms with E-state index in [1.54, 1.807) is 6.92 Å². The maximum Gasteiger partial charge on any atom is 0.166 e. The smallest absolute Gasteiger partial charge is 0.166 e. The molecule has 0 aliphatic carbocycles. The van der Waals surface area contributed by atoms with Crippen LogP contribution in [0.5, 0.6) is 0 Å². The van der Waals surface area contributed by atoms with Crippen LogP contribution in [0.25, 0.3) is 0 Å². The number of fused-ring (bicyclic) bond motifs is 3. The molecule has 0 fully saturated rings. The van der Waals surface area contributed by atoms with E-state index in [0.717, 1.165) is 35.8 Å². The topological polar surface area (TPSA) is 56.5 Å². The van der Waals surface area contributed by atoms with E-state index < -0.39 is 0 Å². The fourth-order valence-electron chi connectivity index (χ4n) is 2.20. The molecule has 18 heavy (non-hydrogen) atoms. The summed E-state index contributed by atoms with van der Waals surface area (Å²) in [4.78, 5) is 18.8. The van der Waals surface area contributed by atoms with Crippen LogP contribution in [0, 0.1) is 5.41 Å². The molecule has 0 spiro atoms. The van der Waals surface area contributed by atoms with Crippen LogP contribution < -0.4 is 0 Å². The molecule has 92 valence electrons. The second-order valence-corrected chi connectivity index (χ2v) is 5.42. The summed E-state index contributed by atoms with van der Waals surface area (Å²) in [6, 6.07) is 5.65. The lowest BCUT2D eigenvalue weighted by atomic mass is 10.1. The van der Waals surface area contributed by atoms with E-state index in [9.17, 15) is 4.79 Å². The highest BCUT2D eigenvalue weighted by molar-refractivity contribution is 8.14. The molecule has 0 radical (unpaired) electrons. The zero-order chi connectivity index (χ0) is 12.7. The number of amidine groups is 2. The van der Waals surface area contributed by atoms with Crippen molar-refractivity contribution in [2.75, 3.05) is 13.1 Å². The van der Waals surface area contributed by atoms with E-state index in [-0.39, 0.29) is 5.78 Å². The second kappa shape index (κ2) is 4.24. The average Bonchev–Trinajstić information content (AvgIpc) is 2.38. The van der Waals surface area contributed by atoms with E-state index in [4.69, 9.17) is 5.41 Å². The lowest BCUT2D eigenvalue weighted by Gasteiger charge is -2.34. The Kier molecular flexibility index (Phi) is 2.70. The Balaban J connectivity index is 2.12. The summed E-state index contributed by atoms with van der Waals surface area (Å²) in [5.74, 6) is 0.938. The van der Waals surface area contributed by atoms with E-state index in [1.807, 2.05) is 23.1 Å². The van der Waals surface area contributed by atoms with Gasteiger partial charge < -0.3 is 4.90 Å². The van der Waals surface area contributed by atoms with Gasteiger partial charge in [0.05, 0.1) is 0 Å². The second-order valence-electron chi connectivity index (χ2n) is 4.38. The summed E-state index contributed by atoms with van der Waals surface area (Å²) >= 11 is 1.41. The van der Waals surface area contributed by atoms with Crippen molar-refractivity contribution in [2.45, 2.75) is 18.2 Å². The normalized spacial score (nSPS) is 17.9. The third-order valence-corrected chi connectivity index (χ3v) is 4.11. The Morgan fingerprint density at radius 1 is 1.50 bits per heavy atom. The zero-order valence-electron chi connectivity index (χ0n) is 10.1. The summed E-state index contributed by atoms with van der Waals surface area (Å²) in [6.07, 6.45) is 0.993. The Labute approximate surface area is 110 Å². The van der Waals surface area contributed by atoms with Crippen molar-refractivity contribution in [2.24, 2.45) is 4.99 Å². The quantitative estimate of drug-likeness (QED) is 0.788. The first-order valence-electron chi connectivity index (χ1n) is 5.90. The van der Waals surface area contributed by atoms with Gasteiger partial charge in [0.15, 0.2) is 11.0 Å². The minimum Gasteiger partial charge on any atom is -0.305 e. The molecule has 0 unspecified atom stereocenters. The van der Waals surface area contributed by atoms with Gasteiger partial charge in [0.2, 0.25) is 0 Å². The van der Waals surface area contributed by atoms with Gasteiger partial charge in [-0.25, -0.2) is 0 Å². The van der Waals surface area contributed by atoms with Crippen LogP contribution in [-0.4, -0.2) is 34.8 Å². The minimum absolute atomic E-state index is 0.0537. The Morgan fingerprint density at radius 2 is 2.33 bits per heavy atom. The predicted octanol–water partition coefficient (Wildman–Crippen LogP) is 2.38. The number of carbonyl (C=O) groups is 1. The molecule has 0 saturated carbocycles. The number of hydrogen-bond acceptors (Lipinski definition) is 4. The third-order valence-electron chi connectivity index (χ3n) is 3.14. The zero-order valence-corrected chi connectivity index (χ0v) is 10.9. The molecular formula is C13H13N3OS. The highest BCUT2D eigenvalue weighted by Crippen LogP contribution is 2.34. The molecule has 1 aromatic rings. The van der Waals surface area contributed by atoms with Crippen LogP contribution in [0.2, 0.25) is 0 Å². The first-order chi connectivity index (χ1) is 8.66. The molecule has 0 aromatic heterocycles. The van der Waals surface area contributed by atoms with Gasteiger partial charge in [-0.15, -0.1) is 0 Å². The molecular weight excluding hydrogens is 246 g/mol. The van der Waals surface area contributed by atoms with Crippen LogP contribution in [0.4, 0.5) is 0 Å². The van der Waals surface area contributed by atoms with Crippen LogP contribution in [0.3, 0.4) is 0 Å². The minimum atomic E-state index is 0.0537. The number of aliphatic imine (C=N–C) groups is 1. The molecule has 0 atom stereocenters. The van der Waals surface area contributed by atoms with Gasteiger partial charge >= 0.3 is 0 Å². The van der Waals surface area contributed by atoms with Gasteiger partial charge in [-0.05, 0) is 25.5 Å². The van der Waals surface area contributed by atoms with Crippen LogP contribution >= 0.6 is 11.8 Å². The SMILES string of the molecule is CC(=O)c1ccc2c(c1)SC(=N)N1CCCN=C21. The van der Waals surface area contributed by atoms with E-state index in [0.29, 0.717) is 10.7 Å². The summed E-state index contributed by atoms with van der Waals surface area (Å²) in [6.45, 7) is 3.24. The number of nitrogens with one attached hydrogen (secondary N) is 1. The molecule has 0 amide bonds. The van der Waals surface area contributed by atoms with Crippen LogP contribution in [0.1, 0.15) is 29.3 Å². The average molecular weight is 259 g/mol. The van der Waals surface area contributed by atoms with Gasteiger partial charge in [0.1, 0.15) is 5.84 Å². The van der Waals surface area contributed by atoms with E-state index in [1.165, 1.54) is 11.8 Å². The van der Waals surface area contributed by atoms with Gasteiger partial charge in [-0.2, -0.15) is 0 Å². The fraction of sp³-hybridized carbons (Fsp3) is 0.308. The molecule has 0 bridgehead atoms. The van der Waals surface area contributed by atoms with Crippen molar-refractivity contribution >= 4 is 28.5 Å². The summed E-state index contributed by atoms with van der Waals surface area (Å²) in [5, 5.41) is 8.55. The highest BCUT2D eigenvalue weighted by atomic mass is 32.2. The monoisotopic (exact) mass is 259 g/mol. The maximum atomic E-state index is 11.4. The van der Waals surface area contributed by atoms with Crippen LogP contribution in [-0.2, 0) is 0 Å². The summed E-state index contributed by atoms with van der Waals surface area (Å²) < 4.78 is 0. The van der Waals surface area contributed by atoms with Gasteiger partial charge in [0.25, 0.3) is 0 Å². The molecule has 0 saturated heterocycles. The van der Waals surface area contributed by atoms with Crippen molar-refractivity contribution < 1.29 is 4.79 Å². The molecule has 2 heterocycles. The van der Waals surface area contributed by atoms with Crippen molar-refractivity contribution in [3.05, 3.63) is 29.3 Å². The number of rotatable bonds is 1. The number of carbonyl (C=O) groups excluding carboxylic acids is 1. The maximum absolute atomic E-state index is 11.4. The Morgan fingerprint density at radius 3 is 3.11 bits per heavy atom. The summed E-state index contributed by atoms with van der Waals surface area (Å²) in [5.41, 5.74) is 1.74. The standard InChI is InChI=1S/C13H13N3OS/c1-8(17)9-3-4-10-11(7-9)18-13(14)16-6-2-5-15-12(10)16/h3-4,7,14H,2,5-6H2,1H3. The van der Waals surface area contributed by atoms with Crippen LogP contribution in [0.15, 0.2) is 28.1 Å². The van der Waals surface area contributed by atoms with Crippen molar-refractivity contribution in [3.8, 4) is 0 Å². The predicted molar refractivity (Wildman–Crippen MR) is 72.8 cm³/mol. The van der Waals surface area contributed by atoms with Gasteiger partial charge in [0, 0.05) is 29.1 Å². The Hall–Kier alpha value is -1.62. The number of thioether (sulfide) groups is 1. The fourth-order valence-corrected chi connectivity index (χ4v) is 3.15. The number of ketones is 1. The molecule has 2 aliphatic rings. The first-order valence-corrected chi connectivity index (χ1v) is 6.72. The molecule has 2 aliphatic heterocycles. The first kappa shape index (κ1) is 11.5. The Bertz CT molecular complexity index is 580. The van der Waals surface area contributed by atoms with Crippen molar-refractivity contribution in [1.82, 2.24) is 4.90 Å².